The van der Waals surface area contributed by atoms with Crippen LogP contribution < -0.4 is 9.62 Å². The summed E-state index contributed by atoms with van der Waals surface area (Å²) in [6.07, 6.45) is -0.305. The number of benzene rings is 5. The SMILES string of the molecule is O=[N+]([O-])c1ccc(N2CCN(C[C@H]3C[C@@H](c4ccc(CO)cc4)O[C@@H](c4cccc(-c5cccc(CNS(=O)(=O)c6ccccc6)c5)c4)O3)CC2)cc1. The maximum absolute atomic E-state index is 12.8. The highest BCUT2D eigenvalue weighted by molar-refractivity contribution is 7.89. The Morgan fingerprint density at radius 3 is 2.15 bits per heavy atom. The zero-order valence-corrected chi connectivity index (χ0v) is 30.0. The molecule has 0 aromatic heterocycles. The lowest BCUT2D eigenvalue weighted by Gasteiger charge is -2.41. The van der Waals surface area contributed by atoms with Gasteiger partial charge in [0, 0.05) is 69.1 Å². The van der Waals surface area contributed by atoms with Crippen LogP contribution >= 0.6 is 0 Å². The molecule has 53 heavy (non-hydrogen) atoms. The highest BCUT2D eigenvalue weighted by atomic mass is 32.2. The molecule has 3 atom stereocenters. The van der Waals surface area contributed by atoms with Crippen LogP contribution in [0.25, 0.3) is 11.1 Å². The Morgan fingerprint density at radius 1 is 0.755 bits per heavy atom. The van der Waals surface area contributed by atoms with Crippen LogP contribution in [0.1, 0.15) is 41.1 Å². The summed E-state index contributed by atoms with van der Waals surface area (Å²) in [7, 11) is -3.65. The number of non-ortho nitro benzene ring substituents is 1. The Bertz CT molecular complexity index is 2110. The molecule has 0 aliphatic carbocycles. The maximum Gasteiger partial charge on any atom is 0.269 e. The molecule has 0 bridgehead atoms. The first-order valence-corrected chi connectivity index (χ1v) is 19.2. The molecule has 0 spiro atoms. The van der Waals surface area contributed by atoms with Crippen LogP contribution in [-0.4, -0.2) is 62.2 Å². The lowest BCUT2D eigenvalue weighted by molar-refractivity contribution is -0.384. The van der Waals surface area contributed by atoms with Crippen LogP contribution in [0, 0.1) is 10.1 Å². The monoisotopic (exact) mass is 734 g/mol. The molecule has 5 aromatic carbocycles. The van der Waals surface area contributed by atoms with Gasteiger partial charge in [0.25, 0.3) is 5.69 Å². The minimum Gasteiger partial charge on any atom is -0.392 e. The summed E-state index contributed by atoms with van der Waals surface area (Å²) in [6, 6.07) is 38.8. The van der Waals surface area contributed by atoms with Gasteiger partial charge < -0.3 is 19.5 Å². The van der Waals surface area contributed by atoms with Crippen molar-refractivity contribution < 1.29 is 27.9 Å². The van der Waals surface area contributed by atoms with Gasteiger partial charge in [0.1, 0.15) is 0 Å². The molecule has 2 heterocycles. The van der Waals surface area contributed by atoms with Crippen LogP contribution in [0.2, 0.25) is 0 Å². The number of anilines is 1. The third kappa shape index (κ3) is 8.99. The van der Waals surface area contributed by atoms with Gasteiger partial charge in [0.15, 0.2) is 6.29 Å². The molecule has 0 unspecified atom stereocenters. The van der Waals surface area contributed by atoms with Crippen LogP contribution in [0.15, 0.2) is 132 Å². The van der Waals surface area contributed by atoms with Crippen LogP contribution in [0.3, 0.4) is 0 Å². The second-order valence-corrected chi connectivity index (χ2v) is 15.1. The molecule has 2 N–H and O–H groups in total. The zero-order valence-electron chi connectivity index (χ0n) is 29.2. The van der Waals surface area contributed by atoms with E-state index in [1.54, 1.807) is 42.5 Å². The van der Waals surface area contributed by atoms with Gasteiger partial charge in [0.05, 0.1) is 28.6 Å². The molecule has 11 nitrogen and oxygen atoms in total. The highest BCUT2D eigenvalue weighted by Crippen LogP contribution is 2.39. The van der Waals surface area contributed by atoms with E-state index in [0.29, 0.717) is 6.42 Å². The van der Waals surface area contributed by atoms with E-state index in [0.717, 1.165) is 71.8 Å². The number of hydrogen-bond acceptors (Lipinski definition) is 9. The number of nitro benzene ring substituents is 1. The Hall–Kier alpha value is -4.95. The van der Waals surface area contributed by atoms with E-state index in [1.807, 2.05) is 78.9 Å². The summed E-state index contributed by atoms with van der Waals surface area (Å²) < 4.78 is 41.7. The number of piperazine rings is 1. The number of sulfonamides is 1. The third-order valence-corrected chi connectivity index (χ3v) is 11.2. The number of nitro groups is 1. The van der Waals surface area contributed by atoms with Crippen molar-refractivity contribution in [3.05, 3.63) is 160 Å². The third-order valence-electron chi connectivity index (χ3n) is 9.81. The first-order valence-electron chi connectivity index (χ1n) is 17.7. The summed E-state index contributed by atoms with van der Waals surface area (Å²) in [5.41, 5.74) is 6.52. The van der Waals surface area contributed by atoms with Crippen molar-refractivity contribution in [1.82, 2.24) is 9.62 Å². The van der Waals surface area contributed by atoms with Crippen molar-refractivity contribution in [2.24, 2.45) is 0 Å². The number of ether oxygens (including phenoxy) is 2. The second kappa shape index (κ2) is 16.4. The van der Waals surface area contributed by atoms with Gasteiger partial charge in [-0.3, -0.25) is 15.0 Å². The van der Waals surface area contributed by atoms with Crippen molar-refractivity contribution in [2.75, 3.05) is 37.6 Å². The summed E-state index contributed by atoms with van der Waals surface area (Å²) in [4.78, 5) is 15.6. The topological polar surface area (TPSA) is 134 Å². The molecule has 12 heteroatoms. The zero-order chi connectivity index (χ0) is 36.8. The molecular weight excluding hydrogens is 693 g/mol. The highest BCUT2D eigenvalue weighted by Gasteiger charge is 2.34. The maximum atomic E-state index is 12.8. The lowest BCUT2D eigenvalue weighted by atomic mass is 9.98. The predicted molar refractivity (Wildman–Crippen MR) is 203 cm³/mol. The Balaban J connectivity index is 1.06. The fraction of sp³-hybridized carbons (Fsp3) is 0.268. The van der Waals surface area contributed by atoms with E-state index >= 15 is 0 Å². The van der Waals surface area contributed by atoms with Crippen LogP contribution in [0.5, 0.6) is 0 Å². The lowest BCUT2D eigenvalue weighted by Crippen LogP contribution is -2.49. The van der Waals surface area contributed by atoms with E-state index in [9.17, 15) is 23.6 Å². The van der Waals surface area contributed by atoms with E-state index in [-0.39, 0.29) is 40.9 Å². The van der Waals surface area contributed by atoms with Gasteiger partial charge in [-0.1, -0.05) is 78.9 Å². The molecule has 0 amide bonds. The Labute approximate surface area is 309 Å². The molecular formula is C41H42N4O7S. The first-order chi connectivity index (χ1) is 25.7. The number of aliphatic hydroxyl groups excluding tert-OH is 1. The minimum absolute atomic E-state index is 0.0289. The second-order valence-electron chi connectivity index (χ2n) is 13.4. The molecule has 0 radical (unpaired) electrons. The summed E-state index contributed by atoms with van der Waals surface area (Å²) >= 11 is 0. The Kier molecular flexibility index (Phi) is 11.3. The van der Waals surface area contributed by atoms with Crippen LogP contribution in [0.4, 0.5) is 11.4 Å². The minimum atomic E-state index is -3.65. The van der Waals surface area contributed by atoms with Crippen molar-refractivity contribution in [2.45, 2.75) is 43.0 Å². The predicted octanol–water partition coefficient (Wildman–Crippen LogP) is 6.60. The van der Waals surface area contributed by atoms with E-state index in [2.05, 4.69) is 20.6 Å². The quantitative estimate of drug-likeness (QED) is 0.107. The molecule has 2 fully saturated rings. The molecule has 0 saturated carbocycles. The van der Waals surface area contributed by atoms with Gasteiger partial charge in [-0.2, -0.15) is 0 Å². The Morgan fingerprint density at radius 2 is 1.45 bits per heavy atom. The van der Waals surface area contributed by atoms with Gasteiger partial charge in [-0.25, -0.2) is 13.1 Å². The van der Waals surface area contributed by atoms with Crippen molar-refractivity contribution >= 4 is 21.4 Å². The molecule has 2 aliphatic heterocycles. The van der Waals surface area contributed by atoms with Crippen molar-refractivity contribution in [1.29, 1.82) is 0 Å². The average Bonchev–Trinajstić information content (AvgIpc) is 3.21. The normalized spacial score (nSPS) is 19.6. The van der Waals surface area contributed by atoms with E-state index in [1.165, 1.54) is 0 Å². The number of rotatable bonds is 12. The van der Waals surface area contributed by atoms with Gasteiger partial charge >= 0.3 is 0 Å². The summed E-state index contributed by atoms with van der Waals surface area (Å²) in [6.45, 7) is 4.09. The molecule has 274 valence electrons. The summed E-state index contributed by atoms with van der Waals surface area (Å²) in [5, 5.41) is 20.7. The van der Waals surface area contributed by atoms with Crippen LogP contribution in [-0.2, 0) is 32.6 Å². The smallest absolute Gasteiger partial charge is 0.269 e. The van der Waals surface area contributed by atoms with E-state index in [4.69, 9.17) is 9.47 Å². The molecule has 7 rings (SSSR count). The van der Waals surface area contributed by atoms with Gasteiger partial charge in [-0.15, -0.1) is 0 Å². The number of aliphatic hydroxyl groups is 1. The van der Waals surface area contributed by atoms with Crippen molar-refractivity contribution in [3.8, 4) is 11.1 Å². The molecule has 2 saturated heterocycles. The largest absolute Gasteiger partial charge is 0.392 e. The van der Waals surface area contributed by atoms with Crippen molar-refractivity contribution in [3.63, 3.8) is 0 Å². The first kappa shape index (κ1) is 36.4. The molecule has 5 aromatic rings. The number of hydrogen-bond donors (Lipinski definition) is 2. The fourth-order valence-corrected chi connectivity index (χ4v) is 7.92. The standard InChI is InChI=1S/C41H42N4O7S/c46-29-30-12-14-32(15-13-30)40-26-38(28-43-20-22-44(23-21-43)36-16-18-37(19-17-36)45(47)48)51-41(52-40)35-9-5-8-34(25-35)33-7-4-6-31(24-33)27-42-53(49,50)39-10-2-1-3-11-39/h1-19,24-25,38,40-42,46H,20-23,26-29H2/t38-,40+,41+/m1/s1. The van der Waals surface area contributed by atoms with Gasteiger partial charge in [-0.05, 0) is 64.2 Å². The summed E-state index contributed by atoms with van der Waals surface area (Å²) in [5.74, 6) is 0. The average molecular weight is 735 g/mol. The fourth-order valence-electron chi connectivity index (χ4n) is 6.88. The number of nitrogens with zero attached hydrogens (tertiary/aromatic N) is 3. The number of nitrogens with one attached hydrogen (secondary N) is 1. The molecule has 2 aliphatic rings. The van der Waals surface area contributed by atoms with E-state index < -0.39 is 16.3 Å². The van der Waals surface area contributed by atoms with Gasteiger partial charge in [0.2, 0.25) is 10.0 Å².